The van der Waals surface area contributed by atoms with Gasteiger partial charge in [-0.2, -0.15) is 0 Å². The molecule has 0 aromatic heterocycles. The van der Waals surface area contributed by atoms with Gasteiger partial charge in [-0.15, -0.1) is 0 Å². The van der Waals surface area contributed by atoms with E-state index in [9.17, 15) is 4.79 Å². The highest BCUT2D eigenvalue weighted by Crippen LogP contribution is 2.25. The summed E-state index contributed by atoms with van der Waals surface area (Å²) in [7, 11) is 0. The van der Waals surface area contributed by atoms with Crippen LogP contribution >= 0.6 is 0 Å². The molecule has 1 N–H and O–H groups in total. The Labute approximate surface area is 96.1 Å². The summed E-state index contributed by atoms with van der Waals surface area (Å²) in [6, 6.07) is 7.55. The standard InChI is InChI=1S/C13H17NO2/c1-4-9-14-13(15)16-12-8-6-5-7-11(12)10(2)3/h4-10H,1-3H3,(H,14,15). The number of hydrogen-bond acceptors (Lipinski definition) is 2. The van der Waals surface area contributed by atoms with Crippen LogP contribution in [0.1, 0.15) is 32.3 Å². The van der Waals surface area contributed by atoms with Gasteiger partial charge < -0.3 is 4.74 Å². The van der Waals surface area contributed by atoms with Crippen LogP contribution in [-0.2, 0) is 0 Å². The van der Waals surface area contributed by atoms with E-state index in [1.54, 1.807) is 18.3 Å². The van der Waals surface area contributed by atoms with E-state index in [1.807, 2.05) is 25.1 Å². The molecule has 0 radical (unpaired) electrons. The third-order valence-electron chi connectivity index (χ3n) is 2.11. The Balaban J connectivity index is 2.76. The van der Waals surface area contributed by atoms with Crippen LogP contribution in [0, 0.1) is 0 Å². The van der Waals surface area contributed by atoms with Crippen LogP contribution in [-0.4, -0.2) is 6.09 Å². The van der Waals surface area contributed by atoms with E-state index in [0.29, 0.717) is 11.7 Å². The monoisotopic (exact) mass is 219 g/mol. The first-order chi connectivity index (χ1) is 7.65. The van der Waals surface area contributed by atoms with Gasteiger partial charge in [-0.3, -0.25) is 5.32 Å². The molecule has 1 aromatic carbocycles. The minimum atomic E-state index is -0.466. The van der Waals surface area contributed by atoms with Crippen LogP contribution in [0.2, 0.25) is 0 Å². The molecule has 0 atom stereocenters. The van der Waals surface area contributed by atoms with Gasteiger partial charge in [-0.1, -0.05) is 38.1 Å². The van der Waals surface area contributed by atoms with E-state index in [1.165, 1.54) is 0 Å². The minimum Gasteiger partial charge on any atom is -0.410 e. The Morgan fingerprint density at radius 2 is 2.06 bits per heavy atom. The van der Waals surface area contributed by atoms with Gasteiger partial charge in [0.05, 0.1) is 0 Å². The van der Waals surface area contributed by atoms with Crippen LogP contribution in [0.3, 0.4) is 0 Å². The number of ether oxygens (including phenoxy) is 1. The summed E-state index contributed by atoms with van der Waals surface area (Å²) in [4.78, 5) is 11.4. The number of allylic oxidation sites excluding steroid dienone is 1. The second kappa shape index (κ2) is 5.95. The van der Waals surface area contributed by atoms with Crippen LogP contribution in [0.15, 0.2) is 36.5 Å². The molecule has 0 spiro atoms. The van der Waals surface area contributed by atoms with Gasteiger partial charge in [0, 0.05) is 6.20 Å². The maximum Gasteiger partial charge on any atom is 0.416 e. The highest BCUT2D eigenvalue weighted by Gasteiger charge is 2.09. The maximum atomic E-state index is 11.4. The molecule has 1 rings (SSSR count). The quantitative estimate of drug-likeness (QED) is 0.845. The molecule has 0 aliphatic heterocycles. The molecule has 0 heterocycles. The molecular formula is C13H17NO2. The molecule has 86 valence electrons. The van der Waals surface area contributed by atoms with Gasteiger partial charge in [0.2, 0.25) is 0 Å². The van der Waals surface area contributed by atoms with E-state index >= 15 is 0 Å². The smallest absolute Gasteiger partial charge is 0.410 e. The summed E-state index contributed by atoms with van der Waals surface area (Å²) in [6.07, 6.45) is 2.81. The molecule has 0 saturated carbocycles. The van der Waals surface area contributed by atoms with Gasteiger partial charge in [0.15, 0.2) is 0 Å². The predicted octanol–water partition coefficient (Wildman–Crippen LogP) is 3.43. The molecule has 16 heavy (non-hydrogen) atoms. The first kappa shape index (κ1) is 12.3. The fraction of sp³-hybridized carbons (Fsp3) is 0.308. The van der Waals surface area contributed by atoms with E-state index < -0.39 is 6.09 Å². The predicted molar refractivity (Wildman–Crippen MR) is 64.5 cm³/mol. The number of nitrogens with one attached hydrogen (secondary N) is 1. The molecule has 0 unspecified atom stereocenters. The molecule has 0 bridgehead atoms. The van der Waals surface area contributed by atoms with Crippen LogP contribution < -0.4 is 10.1 Å². The van der Waals surface area contributed by atoms with E-state index in [-0.39, 0.29) is 0 Å². The zero-order valence-electron chi connectivity index (χ0n) is 9.86. The minimum absolute atomic E-state index is 0.325. The highest BCUT2D eigenvalue weighted by atomic mass is 16.6. The topological polar surface area (TPSA) is 38.3 Å². The third kappa shape index (κ3) is 3.42. The average Bonchev–Trinajstić information content (AvgIpc) is 2.27. The summed E-state index contributed by atoms with van der Waals surface area (Å²) in [5, 5.41) is 2.51. The van der Waals surface area contributed by atoms with Crippen molar-refractivity contribution >= 4 is 6.09 Å². The Bertz CT molecular complexity index is 383. The first-order valence-electron chi connectivity index (χ1n) is 5.33. The summed E-state index contributed by atoms with van der Waals surface area (Å²) >= 11 is 0. The van der Waals surface area contributed by atoms with Crippen LogP contribution in [0.5, 0.6) is 5.75 Å². The first-order valence-corrected chi connectivity index (χ1v) is 5.33. The van der Waals surface area contributed by atoms with Crippen molar-refractivity contribution < 1.29 is 9.53 Å². The number of rotatable bonds is 3. The zero-order valence-corrected chi connectivity index (χ0v) is 9.86. The Kier molecular flexibility index (Phi) is 4.58. The highest BCUT2D eigenvalue weighted by molar-refractivity contribution is 5.71. The molecular weight excluding hydrogens is 202 g/mol. The lowest BCUT2D eigenvalue weighted by molar-refractivity contribution is 0.204. The number of amides is 1. The molecule has 1 aromatic rings. The van der Waals surface area contributed by atoms with Crippen molar-refractivity contribution in [3.05, 3.63) is 42.1 Å². The van der Waals surface area contributed by atoms with Gasteiger partial charge in [-0.05, 0) is 24.5 Å². The fourth-order valence-corrected chi connectivity index (χ4v) is 1.33. The van der Waals surface area contributed by atoms with Gasteiger partial charge in [-0.25, -0.2) is 4.79 Å². The summed E-state index contributed by atoms with van der Waals surface area (Å²) in [5.74, 6) is 0.935. The van der Waals surface area contributed by atoms with Crippen LogP contribution in [0.25, 0.3) is 0 Å². The number of benzene rings is 1. The van der Waals surface area contributed by atoms with Crippen molar-refractivity contribution in [2.75, 3.05) is 0 Å². The zero-order chi connectivity index (χ0) is 12.0. The lowest BCUT2D eigenvalue weighted by Gasteiger charge is -2.11. The lowest BCUT2D eigenvalue weighted by Crippen LogP contribution is -2.21. The number of carbonyl (C=O) groups is 1. The molecule has 1 amide bonds. The molecule has 3 heteroatoms. The van der Waals surface area contributed by atoms with Crippen molar-refractivity contribution in [2.24, 2.45) is 0 Å². The summed E-state index contributed by atoms with van der Waals surface area (Å²) in [6.45, 7) is 5.94. The molecule has 0 aliphatic rings. The number of para-hydroxylation sites is 1. The molecule has 0 saturated heterocycles. The number of hydrogen-bond donors (Lipinski definition) is 1. The van der Waals surface area contributed by atoms with Crippen molar-refractivity contribution in [2.45, 2.75) is 26.7 Å². The van der Waals surface area contributed by atoms with Crippen LogP contribution in [0.4, 0.5) is 4.79 Å². The normalized spacial score (nSPS) is 10.8. The summed E-state index contributed by atoms with van der Waals surface area (Å²) in [5.41, 5.74) is 1.03. The Morgan fingerprint density at radius 1 is 1.38 bits per heavy atom. The van der Waals surface area contributed by atoms with Gasteiger partial charge in [0.1, 0.15) is 5.75 Å². The van der Waals surface area contributed by atoms with Gasteiger partial charge in [0.25, 0.3) is 0 Å². The fourth-order valence-electron chi connectivity index (χ4n) is 1.33. The van der Waals surface area contributed by atoms with E-state index in [2.05, 4.69) is 19.2 Å². The Morgan fingerprint density at radius 3 is 2.69 bits per heavy atom. The van der Waals surface area contributed by atoms with Crippen molar-refractivity contribution in [3.8, 4) is 5.75 Å². The third-order valence-corrected chi connectivity index (χ3v) is 2.11. The van der Waals surface area contributed by atoms with Crippen molar-refractivity contribution in [3.63, 3.8) is 0 Å². The van der Waals surface area contributed by atoms with Gasteiger partial charge >= 0.3 is 6.09 Å². The second-order valence-corrected chi connectivity index (χ2v) is 3.73. The second-order valence-electron chi connectivity index (χ2n) is 3.73. The van der Waals surface area contributed by atoms with E-state index in [0.717, 1.165) is 5.56 Å². The Hall–Kier alpha value is -1.77. The lowest BCUT2D eigenvalue weighted by atomic mass is 10.0. The van der Waals surface area contributed by atoms with Crippen molar-refractivity contribution in [1.29, 1.82) is 0 Å². The summed E-state index contributed by atoms with van der Waals surface area (Å²) < 4.78 is 5.21. The largest absolute Gasteiger partial charge is 0.416 e. The maximum absolute atomic E-state index is 11.4. The molecule has 0 fully saturated rings. The van der Waals surface area contributed by atoms with Crippen molar-refractivity contribution in [1.82, 2.24) is 5.32 Å². The molecule has 3 nitrogen and oxygen atoms in total. The molecule has 0 aliphatic carbocycles. The number of carbonyl (C=O) groups excluding carboxylic acids is 1. The average molecular weight is 219 g/mol. The van der Waals surface area contributed by atoms with E-state index in [4.69, 9.17) is 4.74 Å². The SMILES string of the molecule is CC=CNC(=O)Oc1ccccc1C(C)C.